The van der Waals surface area contributed by atoms with Crippen LogP contribution in [0.2, 0.25) is 0 Å². The summed E-state index contributed by atoms with van der Waals surface area (Å²) in [7, 11) is 4.49. The van der Waals surface area contributed by atoms with Crippen LogP contribution in [0, 0.1) is 5.92 Å². The fourth-order valence-electron chi connectivity index (χ4n) is 3.34. The van der Waals surface area contributed by atoms with Gasteiger partial charge in [-0.3, -0.25) is 0 Å². The highest BCUT2D eigenvalue weighted by atomic mass is 32.1. The third-order valence-corrected chi connectivity index (χ3v) is 5.78. The smallest absolute Gasteiger partial charge is 0.0386 e. The molecule has 2 nitrogen and oxygen atoms in total. The average Bonchev–Trinajstić information content (AvgIpc) is 2.89. The molecule has 0 aromatic carbocycles. The summed E-state index contributed by atoms with van der Waals surface area (Å²) >= 11 is 1.85. The Balaban J connectivity index is 1.97. The maximum absolute atomic E-state index is 3.77. The molecule has 0 spiro atoms. The average molecular weight is 280 g/mol. The number of nitrogens with zero attached hydrogens (tertiary/aromatic N) is 1. The third-order valence-electron chi connectivity index (χ3n) is 4.72. The Kier molecular flexibility index (Phi) is 5.04. The van der Waals surface area contributed by atoms with Crippen LogP contribution < -0.4 is 5.32 Å². The van der Waals surface area contributed by atoms with Crippen LogP contribution in [0.15, 0.2) is 17.5 Å². The van der Waals surface area contributed by atoms with Gasteiger partial charge < -0.3 is 10.2 Å². The maximum Gasteiger partial charge on any atom is 0.0386 e. The predicted molar refractivity (Wildman–Crippen MR) is 84.8 cm³/mol. The molecule has 1 fully saturated rings. The van der Waals surface area contributed by atoms with Crippen molar-refractivity contribution in [2.45, 2.75) is 51.1 Å². The standard InChI is InChI=1S/C16H28N2S/c1-13-7-5-9-16(11-13,18(3)4)12-17-14(2)15-8-6-10-19-15/h6,8,10,13-14,17H,5,7,9,11-12H2,1-4H3. The van der Waals surface area contributed by atoms with E-state index in [9.17, 15) is 0 Å². The minimum Gasteiger partial charge on any atom is -0.308 e. The first-order chi connectivity index (χ1) is 9.03. The highest BCUT2D eigenvalue weighted by Crippen LogP contribution is 2.35. The number of hydrogen-bond donors (Lipinski definition) is 1. The van der Waals surface area contributed by atoms with Crippen LogP contribution in [0.4, 0.5) is 0 Å². The van der Waals surface area contributed by atoms with Crippen LogP contribution in [0.5, 0.6) is 0 Å². The Morgan fingerprint density at radius 3 is 2.89 bits per heavy atom. The van der Waals surface area contributed by atoms with Gasteiger partial charge in [-0.2, -0.15) is 0 Å². The molecule has 0 amide bonds. The van der Waals surface area contributed by atoms with Gasteiger partial charge in [0.2, 0.25) is 0 Å². The second kappa shape index (κ2) is 6.38. The van der Waals surface area contributed by atoms with Crippen LogP contribution in [0.1, 0.15) is 50.4 Å². The van der Waals surface area contributed by atoms with E-state index in [-0.39, 0.29) is 0 Å². The van der Waals surface area contributed by atoms with Crippen LogP contribution in [-0.2, 0) is 0 Å². The van der Waals surface area contributed by atoms with E-state index in [2.05, 4.69) is 55.7 Å². The van der Waals surface area contributed by atoms with Crippen molar-refractivity contribution in [3.8, 4) is 0 Å². The molecule has 1 heterocycles. The van der Waals surface area contributed by atoms with Crippen molar-refractivity contribution in [1.82, 2.24) is 10.2 Å². The van der Waals surface area contributed by atoms with E-state index in [1.165, 1.54) is 30.6 Å². The summed E-state index contributed by atoms with van der Waals surface area (Å²) in [4.78, 5) is 3.90. The van der Waals surface area contributed by atoms with Crippen molar-refractivity contribution in [1.29, 1.82) is 0 Å². The number of likely N-dealkylation sites (N-methyl/N-ethyl adjacent to an activating group) is 1. The minimum atomic E-state index is 0.350. The van der Waals surface area contributed by atoms with Crippen molar-refractivity contribution in [2.24, 2.45) is 5.92 Å². The SMILES string of the molecule is CC1CCCC(CNC(C)c2cccs2)(N(C)C)C1. The van der Waals surface area contributed by atoms with Crippen molar-refractivity contribution < 1.29 is 0 Å². The molecule has 0 saturated heterocycles. The largest absolute Gasteiger partial charge is 0.308 e. The zero-order valence-corrected chi connectivity index (χ0v) is 13.6. The molecule has 0 aliphatic heterocycles. The van der Waals surface area contributed by atoms with Crippen molar-refractivity contribution in [3.63, 3.8) is 0 Å². The monoisotopic (exact) mass is 280 g/mol. The summed E-state index contributed by atoms with van der Waals surface area (Å²) in [5, 5.41) is 5.93. The van der Waals surface area contributed by atoms with Gasteiger partial charge in [-0.25, -0.2) is 0 Å². The summed E-state index contributed by atoms with van der Waals surface area (Å²) in [6, 6.07) is 4.84. The maximum atomic E-state index is 3.77. The van der Waals surface area contributed by atoms with Crippen molar-refractivity contribution in [3.05, 3.63) is 22.4 Å². The second-order valence-corrected chi connectivity index (χ2v) is 7.42. The zero-order valence-electron chi connectivity index (χ0n) is 12.8. The fourth-order valence-corrected chi connectivity index (χ4v) is 4.10. The van der Waals surface area contributed by atoms with Gasteiger partial charge in [-0.05, 0) is 51.2 Å². The predicted octanol–water partition coefficient (Wildman–Crippen LogP) is 3.91. The molecule has 1 aromatic heterocycles. The molecule has 2 rings (SSSR count). The summed E-state index contributed by atoms with van der Waals surface area (Å²) in [5.74, 6) is 0.856. The van der Waals surface area contributed by atoms with E-state index >= 15 is 0 Å². The Morgan fingerprint density at radius 2 is 2.32 bits per heavy atom. The molecule has 3 unspecified atom stereocenters. The normalized spacial score (nSPS) is 29.6. The Bertz CT molecular complexity index is 374. The summed E-state index contributed by atoms with van der Waals surface area (Å²) in [5.41, 5.74) is 0.350. The molecule has 1 aromatic rings. The van der Waals surface area contributed by atoms with Gasteiger partial charge in [0.1, 0.15) is 0 Å². The first kappa shape index (κ1) is 15.0. The molecular weight excluding hydrogens is 252 g/mol. The Morgan fingerprint density at radius 1 is 1.53 bits per heavy atom. The van der Waals surface area contributed by atoms with Crippen molar-refractivity contribution >= 4 is 11.3 Å². The van der Waals surface area contributed by atoms with E-state index in [0.29, 0.717) is 11.6 Å². The fraction of sp³-hybridized carbons (Fsp3) is 0.750. The first-order valence-electron chi connectivity index (χ1n) is 7.48. The molecule has 19 heavy (non-hydrogen) atoms. The Labute approximate surface area is 122 Å². The molecule has 3 heteroatoms. The van der Waals surface area contributed by atoms with Crippen LogP contribution in [0.3, 0.4) is 0 Å². The topological polar surface area (TPSA) is 15.3 Å². The van der Waals surface area contributed by atoms with Crippen LogP contribution >= 0.6 is 11.3 Å². The van der Waals surface area contributed by atoms with E-state index in [1.807, 2.05) is 11.3 Å². The molecule has 0 bridgehead atoms. The van der Waals surface area contributed by atoms with Gasteiger partial charge in [0, 0.05) is 23.0 Å². The summed E-state index contributed by atoms with van der Waals surface area (Å²) < 4.78 is 0. The number of nitrogens with one attached hydrogen (secondary N) is 1. The lowest BCUT2D eigenvalue weighted by atomic mass is 9.75. The van der Waals surface area contributed by atoms with Crippen LogP contribution in [0.25, 0.3) is 0 Å². The molecule has 0 radical (unpaired) electrons. The molecule has 1 aliphatic rings. The van der Waals surface area contributed by atoms with Crippen molar-refractivity contribution in [2.75, 3.05) is 20.6 Å². The number of thiophene rings is 1. The first-order valence-corrected chi connectivity index (χ1v) is 8.36. The molecule has 1 N–H and O–H groups in total. The second-order valence-electron chi connectivity index (χ2n) is 6.44. The molecule has 1 saturated carbocycles. The van der Waals surface area contributed by atoms with Crippen LogP contribution in [-0.4, -0.2) is 31.1 Å². The lowest BCUT2D eigenvalue weighted by Crippen LogP contribution is -2.54. The quantitative estimate of drug-likeness (QED) is 0.879. The number of rotatable bonds is 5. The lowest BCUT2D eigenvalue weighted by Gasteiger charge is -2.46. The van der Waals surface area contributed by atoms with Gasteiger partial charge in [-0.15, -0.1) is 11.3 Å². The van der Waals surface area contributed by atoms with Gasteiger partial charge in [0.05, 0.1) is 0 Å². The van der Waals surface area contributed by atoms with E-state index in [1.54, 1.807) is 0 Å². The van der Waals surface area contributed by atoms with Gasteiger partial charge in [-0.1, -0.05) is 25.8 Å². The molecular formula is C16H28N2S. The minimum absolute atomic E-state index is 0.350. The van der Waals surface area contributed by atoms with Gasteiger partial charge in [0.25, 0.3) is 0 Å². The highest BCUT2D eigenvalue weighted by Gasteiger charge is 2.36. The molecule has 1 aliphatic carbocycles. The summed E-state index contributed by atoms with van der Waals surface area (Å²) in [6.07, 6.45) is 5.42. The summed E-state index contributed by atoms with van der Waals surface area (Å²) in [6.45, 7) is 5.78. The third kappa shape index (κ3) is 3.59. The van der Waals surface area contributed by atoms with E-state index < -0.39 is 0 Å². The van der Waals surface area contributed by atoms with E-state index in [0.717, 1.165) is 12.5 Å². The highest BCUT2D eigenvalue weighted by molar-refractivity contribution is 7.10. The zero-order chi connectivity index (χ0) is 13.9. The van der Waals surface area contributed by atoms with Gasteiger partial charge in [0.15, 0.2) is 0 Å². The number of hydrogen-bond acceptors (Lipinski definition) is 3. The molecule has 3 atom stereocenters. The van der Waals surface area contributed by atoms with E-state index in [4.69, 9.17) is 0 Å². The lowest BCUT2D eigenvalue weighted by molar-refractivity contribution is 0.0729. The Hall–Kier alpha value is -0.380. The van der Waals surface area contributed by atoms with Gasteiger partial charge >= 0.3 is 0 Å². The molecule has 108 valence electrons.